The summed E-state index contributed by atoms with van der Waals surface area (Å²) in [6.45, 7) is 6.89. The Kier molecular flexibility index (Phi) is 6.12. The minimum absolute atomic E-state index is 0.136. The number of carbonyl (C=O) groups excluding carboxylic acids is 1. The summed E-state index contributed by atoms with van der Waals surface area (Å²) in [6, 6.07) is 6.00. The average Bonchev–Trinajstić information content (AvgIpc) is 3.03. The molecule has 2 rings (SSSR count). The number of benzene rings is 1. The van der Waals surface area contributed by atoms with E-state index in [1.54, 1.807) is 5.38 Å². The van der Waals surface area contributed by atoms with Crippen LogP contribution in [0.4, 0.5) is 0 Å². The van der Waals surface area contributed by atoms with Crippen LogP contribution in [-0.2, 0) is 13.1 Å². The molecule has 6 heteroatoms. The molecule has 23 heavy (non-hydrogen) atoms. The van der Waals surface area contributed by atoms with Crippen LogP contribution in [0.15, 0.2) is 23.6 Å². The smallest absolute Gasteiger partial charge is 0.271 e. The van der Waals surface area contributed by atoms with Crippen molar-refractivity contribution in [1.82, 2.24) is 10.3 Å². The lowest BCUT2D eigenvalue weighted by Gasteiger charge is -2.17. The zero-order chi connectivity index (χ0) is 16.8. The highest BCUT2D eigenvalue weighted by molar-refractivity contribution is 7.09. The quantitative estimate of drug-likeness (QED) is 0.816. The molecule has 2 aromatic rings. The Morgan fingerprint density at radius 1 is 1.48 bits per heavy atom. The van der Waals surface area contributed by atoms with Crippen molar-refractivity contribution in [3.8, 4) is 5.75 Å². The van der Waals surface area contributed by atoms with E-state index in [1.807, 2.05) is 32.0 Å². The lowest BCUT2D eigenvalue weighted by Crippen LogP contribution is -2.24. The third kappa shape index (κ3) is 4.77. The second-order valence-electron chi connectivity index (χ2n) is 5.46. The summed E-state index contributed by atoms with van der Waals surface area (Å²) < 4.78 is 5.95. The number of hydrogen-bond acceptors (Lipinski definition) is 5. The van der Waals surface area contributed by atoms with Gasteiger partial charge in [0.25, 0.3) is 5.91 Å². The SMILES string of the molecule is CCC(C)Oc1cc(C)ccc1CNC(=O)c1csc(CN)n1. The van der Waals surface area contributed by atoms with E-state index in [0.29, 0.717) is 18.8 Å². The van der Waals surface area contributed by atoms with Gasteiger partial charge in [-0.05, 0) is 31.9 Å². The fourth-order valence-corrected chi connectivity index (χ4v) is 2.65. The normalized spacial score (nSPS) is 12.0. The Morgan fingerprint density at radius 3 is 2.91 bits per heavy atom. The summed E-state index contributed by atoms with van der Waals surface area (Å²) in [5, 5.41) is 5.37. The fourth-order valence-electron chi connectivity index (χ4n) is 1.99. The van der Waals surface area contributed by atoms with Gasteiger partial charge in [0.15, 0.2) is 0 Å². The number of carbonyl (C=O) groups is 1. The second-order valence-corrected chi connectivity index (χ2v) is 6.40. The predicted octanol–water partition coefficient (Wildman–Crippen LogP) is 3.02. The highest BCUT2D eigenvalue weighted by Crippen LogP contribution is 2.22. The standard InChI is InChI=1S/C17H23N3O2S/c1-4-12(3)22-15-7-11(2)5-6-13(15)9-19-17(21)14-10-23-16(8-18)20-14/h5-7,10,12H,4,8-9,18H2,1-3H3,(H,19,21). The Hall–Kier alpha value is -1.92. The molecule has 1 unspecified atom stereocenters. The fraction of sp³-hybridized carbons (Fsp3) is 0.412. The molecular weight excluding hydrogens is 310 g/mol. The van der Waals surface area contributed by atoms with Crippen molar-refractivity contribution in [2.75, 3.05) is 0 Å². The lowest BCUT2D eigenvalue weighted by atomic mass is 10.1. The van der Waals surface area contributed by atoms with E-state index in [4.69, 9.17) is 10.5 Å². The second kappa shape index (κ2) is 8.08. The van der Waals surface area contributed by atoms with E-state index in [2.05, 4.69) is 17.2 Å². The molecule has 0 radical (unpaired) electrons. The topological polar surface area (TPSA) is 77.2 Å². The van der Waals surface area contributed by atoms with Crippen LogP contribution in [0.5, 0.6) is 5.75 Å². The molecule has 1 aromatic heterocycles. The highest BCUT2D eigenvalue weighted by atomic mass is 32.1. The average molecular weight is 333 g/mol. The molecule has 3 N–H and O–H groups in total. The maximum Gasteiger partial charge on any atom is 0.271 e. The van der Waals surface area contributed by atoms with Crippen molar-refractivity contribution in [3.05, 3.63) is 45.4 Å². The Labute approximate surface area is 140 Å². The van der Waals surface area contributed by atoms with Crippen molar-refractivity contribution in [2.24, 2.45) is 5.73 Å². The molecule has 1 heterocycles. The molecule has 0 saturated heterocycles. The van der Waals surface area contributed by atoms with Gasteiger partial charge in [0.05, 0.1) is 6.10 Å². The molecule has 5 nitrogen and oxygen atoms in total. The predicted molar refractivity (Wildman–Crippen MR) is 92.7 cm³/mol. The number of nitrogens with zero attached hydrogens (tertiary/aromatic N) is 1. The van der Waals surface area contributed by atoms with Gasteiger partial charge in [0.2, 0.25) is 0 Å². The zero-order valence-electron chi connectivity index (χ0n) is 13.8. The van der Waals surface area contributed by atoms with Gasteiger partial charge < -0.3 is 15.8 Å². The van der Waals surface area contributed by atoms with Gasteiger partial charge in [-0.15, -0.1) is 11.3 Å². The van der Waals surface area contributed by atoms with Crippen LogP contribution in [0.1, 0.15) is 46.9 Å². The number of ether oxygens (including phenoxy) is 1. The summed E-state index contributed by atoms with van der Waals surface area (Å²) in [4.78, 5) is 16.3. The number of nitrogens with one attached hydrogen (secondary N) is 1. The number of hydrogen-bond donors (Lipinski definition) is 2. The van der Waals surface area contributed by atoms with Crippen molar-refractivity contribution in [2.45, 2.75) is 46.4 Å². The molecule has 1 aromatic carbocycles. The van der Waals surface area contributed by atoms with E-state index in [1.165, 1.54) is 11.3 Å². The van der Waals surface area contributed by atoms with E-state index >= 15 is 0 Å². The number of nitrogens with two attached hydrogens (primary N) is 1. The van der Waals surface area contributed by atoms with Crippen LogP contribution >= 0.6 is 11.3 Å². The number of amides is 1. The first kappa shape index (κ1) is 17.4. The van der Waals surface area contributed by atoms with Crippen molar-refractivity contribution in [3.63, 3.8) is 0 Å². The monoisotopic (exact) mass is 333 g/mol. The van der Waals surface area contributed by atoms with E-state index in [-0.39, 0.29) is 12.0 Å². The molecule has 0 aliphatic carbocycles. The molecule has 1 amide bonds. The molecule has 0 spiro atoms. The van der Waals surface area contributed by atoms with Crippen LogP contribution in [-0.4, -0.2) is 17.0 Å². The van der Waals surface area contributed by atoms with Crippen molar-refractivity contribution < 1.29 is 9.53 Å². The first-order valence-corrected chi connectivity index (χ1v) is 8.60. The first-order chi connectivity index (χ1) is 11.0. The summed E-state index contributed by atoms with van der Waals surface area (Å²) in [5.74, 6) is 0.622. The molecule has 0 aliphatic rings. The molecular formula is C17H23N3O2S. The maximum atomic E-state index is 12.2. The van der Waals surface area contributed by atoms with Crippen LogP contribution in [0.2, 0.25) is 0 Å². The van der Waals surface area contributed by atoms with Crippen molar-refractivity contribution >= 4 is 17.2 Å². The summed E-state index contributed by atoms with van der Waals surface area (Å²) in [7, 11) is 0. The number of rotatable bonds is 7. The summed E-state index contributed by atoms with van der Waals surface area (Å²) in [6.07, 6.45) is 1.07. The molecule has 0 aliphatic heterocycles. The Balaban J connectivity index is 2.05. The molecule has 124 valence electrons. The highest BCUT2D eigenvalue weighted by Gasteiger charge is 2.12. The van der Waals surface area contributed by atoms with Crippen LogP contribution < -0.4 is 15.8 Å². The zero-order valence-corrected chi connectivity index (χ0v) is 14.6. The van der Waals surface area contributed by atoms with Gasteiger partial charge in [0, 0.05) is 24.0 Å². The largest absolute Gasteiger partial charge is 0.490 e. The van der Waals surface area contributed by atoms with Gasteiger partial charge in [-0.2, -0.15) is 0 Å². The molecule has 0 saturated carbocycles. The Bertz CT molecular complexity index is 670. The van der Waals surface area contributed by atoms with Gasteiger partial charge in [-0.25, -0.2) is 4.98 Å². The van der Waals surface area contributed by atoms with Gasteiger partial charge in [0.1, 0.15) is 16.5 Å². The minimum atomic E-state index is -0.198. The lowest BCUT2D eigenvalue weighted by molar-refractivity contribution is 0.0946. The van der Waals surface area contributed by atoms with Gasteiger partial charge >= 0.3 is 0 Å². The summed E-state index contributed by atoms with van der Waals surface area (Å²) >= 11 is 1.39. The number of aryl methyl sites for hydroxylation is 1. The van der Waals surface area contributed by atoms with Gasteiger partial charge in [-0.3, -0.25) is 4.79 Å². The first-order valence-electron chi connectivity index (χ1n) is 7.72. The molecule has 1 atom stereocenters. The van der Waals surface area contributed by atoms with E-state index < -0.39 is 0 Å². The minimum Gasteiger partial charge on any atom is -0.490 e. The maximum absolute atomic E-state index is 12.2. The van der Waals surface area contributed by atoms with E-state index in [0.717, 1.165) is 28.3 Å². The van der Waals surface area contributed by atoms with Gasteiger partial charge in [-0.1, -0.05) is 19.1 Å². The molecule has 0 bridgehead atoms. The number of thiazole rings is 1. The Morgan fingerprint density at radius 2 is 2.26 bits per heavy atom. The van der Waals surface area contributed by atoms with E-state index in [9.17, 15) is 4.79 Å². The van der Waals surface area contributed by atoms with Crippen LogP contribution in [0.3, 0.4) is 0 Å². The van der Waals surface area contributed by atoms with Crippen molar-refractivity contribution in [1.29, 1.82) is 0 Å². The molecule has 0 fully saturated rings. The van der Waals surface area contributed by atoms with Crippen LogP contribution in [0, 0.1) is 6.92 Å². The van der Waals surface area contributed by atoms with Crippen LogP contribution in [0.25, 0.3) is 0 Å². The number of aromatic nitrogens is 1. The summed E-state index contributed by atoms with van der Waals surface area (Å²) in [5.41, 5.74) is 8.02. The third-order valence-corrected chi connectivity index (χ3v) is 4.40. The third-order valence-electron chi connectivity index (χ3n) is 3.52.